The van der Waals surface area contributed by atoms with Gasteiger partial charge < -0.3 is 15.0 Å². The molecule has 0 bridgehead atoms. The van der Waals surface area contributed by atoms with E-state index in [1.165, 1.54) is 25.7 Å². The summed E-state index contributed by atoms with van der Waals surface area (Å²) < 4.78 is 5.73. The zero-order chi connectivity index (χ0) is 17.1. The van der Waals surface area contributed by atoms with Gasteiger partial charge in [-0.05, 0) is 37.1 Å². The average molecular weight is 356 g/mol. The van der Waals surface area contributed by atoms with Crippen molar-refractivity contribution in [3.8, 4) is 5.75 Å². The lowest BCUT2D eigenvalue weighted by molar-refractivity contribution is 0.0937. The lowest BCUT2D eigenvalue weighted by Gasteiger charge is -2.29. The number of nitrogens with one attached hydrogen (secondary N) is 1. The summed E-state index contributed by atoms with van der Waals surface area (Å²) >= 11 is 1.56. The number of amides is 1. The van der Waals surface area contributed by atoms with Gasteiger partial charge in [-0.15, -0.1) is 11.3 Å². The van der Waals surface area contributed by atoms with Crippen molar-refractivity contribution in [2.45, 2.75) is 44.6 Å². The van der Waals surface area contributed by atoms with Crippen LogP contribution >= 0.6 is 11.3 Å². The molecule has 1 aromatic carbocycles. The van der Waals surface area contributed by atoms with E-state index in [4.69, 9.17) is 4.74 Å². The second kappa shape index (κ2) is 7.48. The topological polar surface area (TPSA) is 41.6 Å². The van der Waals surface area contributed by atoms with Gasteiger partial charge in [0.05, 0.1) is 22.1 Å². The van der Waals surface area contributed by atoms with Gasteiger partial charge in [0, 0.05) is 6.04 Å². The summed E-state index contributed by atoms with van der Waals surface area (Å²) in [6, 6.07) is 12.4. The molecule has 0 unspecified atom stereocenters. The van der Waals surface area contributed by atoms with E-state index < -0.39 is 0 Å². The van der Waals surface area contributed by atoms with Gasteiger partial charge in [0.1, 0.15) is 12.4 Å². The molecular formula is C20H24N2O2S. The van der Waals surface area contributed by atoms with Crippen LogP contribution in [0.25, 0.3) is 0 Å². The van der Waals surface area contributed by atoms with Crippen LogP contribution in [0.5, 0.6) is 5.75 Å². The lowest BCUT2D eigenvalue weighted by atomic mass is 10.1. The lowest BCUT2D eigenvalue weighted by Crippen LogP contribution is -2.33. The average Bonchev–Trinajstić information content (AvgIpc) is 3.00. The maximum absolute atomic E-state index is 12.6. The van der Waals surface area contributed by atoms with Gasteiger partial charge in [-0.3, -0.25) is 4.79 Å². The van der Waals surface area contributed by atoms with Crippen molar-refractivity contribution in [3.05, 3.63) is 41.3 Å². The van der Waals surface area contributed by atoms with E-state index in [1.54, 1.807) is 11.3 Å². The Morgan fingerprint density at radius 3 is 2.72 bits per heavy atom. The first-order valence-electron chi connectivity index (χ1n) is 9.21. The Kier molecular flexibility index (Phi) is 4.92. The molecule has 1 amide bonds. The van der Waals surface area contributed by atoms with Crippen molar-refractivity contribution in [3.63, 3.8) is 0 Å². The van der Waals surface area contributed by atoms with E-state index in [9.17, 15) is 4.79 Å². The number of benzene rings is 1. The van der Waals surface area contributed by atoms with Crippen LogP contribution in [0, 0.1) is 0 Å². The van der Waals surface area contributed by atoms with Gasteiger partial charge in [-0.2, -0.15) is 0 Å². The van der Waals surface area contributed by atoms with Gasteiger partial charge >= 0.3 is 0 Å². The molecular weight excluding hydrogens is 332 g/mol. The zero-order valence-electron chi connectivity index (χ0n) is 14.4. The van der Waals surface area contributed by atoms with Crippen LogP contribution in [0.2, 0.25) is 0 Å². The molecule has 5 heteroatoms. The summed E-state index contributed by atoms with van der Waals surface area (Å²) in [5, 5.41) is 4.34. The third kappa shape index (κ3) is 3.66. The molecule has 0 spiro atoms. The Balaban J connectivity index is 1.48. The molecule has 2 aromatic rings. The molecule has 25 heavy (non-hydrogen) atoms. The fraction of sp³-hybridized carbons (Fsp3) is 0.450. The summed E-state index contributed by atoms with van der Waals surface area (Å²) in [6.07, 6.45) is 7.27. The number of nitrogens with zero attached hydrogens (tertiary/aromatic N) is 1. The molecule has 0 saturated heterocycles. The largest absolute Gasteiger partial charge is 0.490 e. The Morgan fingerprint density at radius 1 is 1.08 bits per heavy atom. The summed E-state index contributed by atoms with van der Waals surface area (Å²) in [7, 11) is 0. The predicted molar refractivity (Wildman–Crippen MR) is 102 cm³/mol. The van der Waals surface area contributed by atoms with Crippen LogP contribution in [0.15, 0.2) is 36.4 Å². The van der Waals surface area contributed by atoms with Gasteiger partial charge in [0.2, 0.25) is 0 Å². The van der Waals surface area contributed by atoms with Crippen molar-refractivity contribution in [1.82, 2.24) is 5.32 Å². The highest BCUT2D eigenvalue weighted by Crippen LogP contribution is 2.39. The van der Waals surface area contributed by atoms with Crippen molar-refractivity contribution >= 4 is 27.9 Å². The quantitative estimate of drug-likeness (QED) is 0.808. The zero-order valence-corrected chi connectivity index (χ0v) is 15.2. The van der Waals surface area contributed by atoms with Gasteiger partial charge in [0.25, 0.3) is 5.91 Å². The molecule has 2 aliphatic rings. The third-order valence-electron chi connectivity index (χ3n) is 5.00. The molecule has 4 rings (SSSR count). The van der Waals surface area contributed by atoms with Crippen LogP contribution in [-0.2, 0) is 0 Å². The van der Waals surface area contributed by atoms with E-state index in [2.05, 4.69) is 22.3 Å². The minimum atomic E-state index is 0.0738. The number of carbonyl (C=O) groups excluding carboxylic acids is 1. The molecule has 132 valence electrons. The van der Waals surface area contributed by atoms with Crippen LogP contribution in [-0.4, -0.2) is 25.1 Å². The Morgan fingerprint density at radius 2 is 1.88 bits per heavy atom. The highest BCUT2D eigenvalue weighted by molar-refractivity contribution is 7.18. The maximum Gasteiger partial charge on any atom is 0.261 e. The SMILES string of the molecule is O=C(NC1CCCCCC1)c1ccc(N2CCOc3ccccc32)s1. The van der Waals surface area contributed by atoms with Crippen LogP contribution < -0.4 is 15.0 Å². The summed E-state index contributed by atoms with van der Waals surface area (Å²) in [6.45, 7) is 1.47. The van der Waals surface area contributed by atoms with Crippen molar-refractivity contribution in [1.29, 1.82) is 0 Å². The number of ether oxygens (including phenoxy) is 1. The number of hydrogen-bond acceptors (Lipinski definition) is 4. The fourth-order valence-electron chi connectivity index (χ4n) is 3.67. The summed E-state index contributed by atoms with van der Waals surface area (Å²) in [5.74, 6) is 0.983. The van der Waals surface area contributed by atoms with Crippen molar-refractivity contribution < 1.29 is 9.53 Å². The number of anilines is 2. The molecule has 0 atom stereocenters. The molecule has 1 aliphatic heterocycles. The first kappa shape index (κ1) is 16.5. The van der Waals surface area contributed by atoms with Crippen molar-refractivity contribution in [2.75, 3.05) is 18.1 Å². The number of para-hydroxylation sites is 2. The minimum absolute atomic E-state index is 0.0738. The van der Waals surface area contributed by atoms with E-state index in [0.717, 1.165) is 40.7 Å². The minimum Gasteiger partial charge on any atom is -0.490 e. The molecule has 4 nitrogen and oxygen atoms in total. The number of hydrogen-bond donors (Lipinski definition) is 1. The number of rotatable bonds is 3. The van der Waals surface area contributed by atoms with Gasteiger partial charge in [-0.25, -0.2) is 0 Å². The first-order chi connectivity index (χ1) is 12.3. The Bertz CT molecular complexity index is 735. The van der Waals surface area contributed by atoms with Gasteiger partial charge in [-0.1, -0.05) is 37.8 Å². The number of fused-ring (bicyclic) bond motifs is 1. The standard InChI is InChI=1S/C20H24N2O2S/c23-20(21-15-7-3-1-2-4-8-15)18-11-12-19(25-18)22-13-14-24-17-10-6-5-9-16(17)22/h5-6,9-12,15H,1-4,7-8,13-14H2,(H,21,23). The molecule has 1 aromatic heterocycles. The molecule has 0 radical (unpaired) electrons. The van der Waals surface area contributed by atoms with Crippen LogP contribution in [0.3, 0.4) is 0 Å². The first-order valence-corrected chi connectivity index (χ1v) is 10.0. The van der Waals surface area contributed by atoms with Crippen LogP contribution in [0.1, 0.15) is 48.2 Å². The molecule has 1 aliphatic carbocycles. The molecule has 1 fully saturated rings. The van der Waals surface area contributed by atoms with Gasteiger partial charge in [0.15, 0.2) is 0 Å². The fourth-order valence-corrected chi connectivity index (χ4v) is 4.62. The molecule has 1 N–H and O–H groups in total. The van der Waals surface area contributed by atoms with E-state index >= 15 is 0 Å². The Labute approximate surface area is 152 Å². The summed E-state index contributed by atoms with van der Waals surface area (Å²) in [4.78, 5) is 15.7. The van der Waals surface area contributed by atoms with Crippen LogP contribution in [0.4, 0.5) is 10.7 Å². The Hall–Kier alpha value is -2.01. The smallest absolute Gasteiger partial charge is 0.261 e. The highest BCUT2D eigenvalue weighted by Gasteiger charge is 2.22. The van der Waals surface area contributed by atoms with E-state index in [-0.39, 0.29) is 5.91 Å². The molecule has 2 heterocycles. The normalized spacial score (nSPS) is 18.2. The number of carbonyl (C=O) groups is 1. The second-order valence-corrected chi connectivity index (χ2v) is 7.83. The predicted octanol–water partition coefficient (Wildman–Crippen LogP) is 4.73. The monoisotopic (exact) mass is 356 g/mol. The van der Waals surface area contributed by atoms with Crippen molar-refractivity contribution in [2.24, 2.45) is 0 Å². The number of thiophene rings is 1. The second-order valence-electron chi connectivity index (χ2n) is 6.77. The summed E-state index contributed by atoms with van der Waals surface area (Å²) in [5.41, 5.74) is 1.08. The highest BCUT2D eigenvalue weighted by atomic mass is 32.1. The maximum atomic E-state index is 12.6. The third-order valence-corrected chi connectivity index (χ3v) is 6.11. The van der Waals surface area contributed by atoms with E-state index in [1.807, 2.05) is 24.3 Å². The molecule has 1 saturated carbocycles. The van der Waals surface area contributed by atoms with E-state index in [0.29, 0.717) is 12.6 Å².